The zero-order chi connectivity index (χ0) is 52.2. The molecule has 64 heavy (non-hydrogen) atoms. The topological polar surface area (TPSA) is 48.2 Å². The van der Waals surface area contributed by atoms with Gasteiger partial charge in [0.25, 0.3) is 0 Å². The Bertz CT molecular complexity index is 3650. The molecule has 0 amide bonds. The quantitative estimate of drug-likeness (QED) is 0.149. The Kier molecular flexibility index (Phi) is 8.51. The van der Waals surface area contributed by atoms with Crippen LogP contribution >= 0.6 is 0 Å². The summed E-state index contributed by atoms with van der Waals surface area (Å²) in [4.78, 5) is 9.40. The number of ether oxygens (including phenoxy) is 1. The Morgan fingerprint density at radius 3 is 2.23 bits per heavy atom. The number of pyridine rings is 2. The van der Waals surface area contributed by atoms with Crippen LogP contribution in [-0.4, -0.2) is 9.97 Å². The van der Waals surface area contributed by atoms with E-state index in [0.717, 1.165) is 69.4 Å². The van der Waals surface area contributed by atoms with E-state index in [1.807, 2.05) is 55.6 Å². The van der Waals surface area contributed by atoms with Crippen molar-refractivity contribution in [3.05, 3.63) is 167 Å². The second-order valence-corrected chi connectivity index (χ2v) is 18.4. The number of hydrogen-bond donors (Lipinski definition) is 0. The average Bonchev–Trinajstić information content (AvgIpc) is 3.71. The van der Waals surface area contributed by atoms with E-state index in [0.29, 0.717) is 33.4 Å². The van der Waals surface area contributed by atoms with Gasteiger partial charge in [0.1, 0.15) is 5.58 Å². The number of nitrogens with zero attached hydrogens (tertiary/aromatic N) is 2. The molecule has 6 aromatic carbocycles. The maximum absolute atomic E-state index is 9.73. The van der Waals surface area contributed by atoms with Crippen LogP contribution in [0.25, 0.3) is 77.5 Å². The molecule has 3 aromatic heterocycles. The third kappa shape index (κ3) is 7.68. The van der Waals surface area contributed by atoms with Crippen LogP contribution in [0.1, 0.15) is 99.9 Å². The monoisotopic (exact) mass is 1030 g/mol. The van der Waals surface area contributed by atoms with Gasteiger partial charge in [0.2, 0.25) is 0 Å². The predicted octanol–water partition coefficient (Wildman–Crippen LogP) is 16.4. The summed E-state index contributed by atoms with van der Waals surface area (Å²) < 4.78 is 99.1. The molecule has 9 aromatic rings. The van der Waals surface area contributed by atoms with Crippen LogP contribution in [0.4, 0.5) is 0 Å². The number of fused-ring (bicyclic) bond motifs is 5. The normalized spacial score (nSPS) is 19.7. The second kappa shape index (κ2) is 16.6. The third-order valence-electron chi connectivity index (χ3n) is 13.7. The summed E-state index contributed by atoms with van der Waals surface area (Å²) in [5.74, 6) is -0.792. The fourth-order valence-electron chi connectivity index (χ4n) is 9.13. The van der Waals surface area contributed by atoms with Crippen LogP contribution in [-0.2, 0) is 21.1 Å². The van der Waals surface area contributed by atoms with E-state index >= 15 is 0 Å². The summed E-state index contributed by atoms with van der Waals surface area (Å²) in [6.07, 6.45) is 5.35. The van der Waals surface area contributed by atoms with Crippen LogP contribution in [0.3, 0.4) is 0 Å². The van der Waals surface area contributed by atoms with Gasteiger partial charge in [-0.3, -0.25) is 0 Å². The summed E-state index contributed by atoms with van der Waals surface area (Å²) in [5, 5.41) is 3.31. The van der Waals surface area contributed by atoms with E-state index in [-0.39, 0.29) is 65.8 Å². The third-order valence-corrected chi connectivity index (χ3v) is 13.7. The molecule has 1 atom stereocenters. The van der Waals surface area contributed by atoms with Crippen molar-refractivity contribution in [2.24, 2.45) is 10.8 Å². The Hall–Kier alpha value is -5.83. The van der Waals surface area contributed by atoms with Gasteiger partial charge in [0.05, 0.1) is 5.58 Å². The molecule has 4 nitrogen and oxygen atoms in total. The molecular weight excluding hydrogens is 964 g/mol. The molecule has 0 saturated heterocycles. The smallest absolute Gasteiger partial charge is 0.500 e. The van der Waals surface area contributed by atoms with E-state index in [4.69, 9.17) is 26.5 Å². The molecule has 1 fully saturated rings. The minimum absolute atomic E-state index is 0. The van der Waals surface area contributed by atoms with Crippen molar-refractivity contribution >= 4 is 32.7 Å². The van der Waals surface area contributed by atoms with Crippen LogP contribution in [0.5, 0.6) is 11.5 Å². The molecule has 322 valence electrons. The van der Waals surface area contributed by atoms with E-state index in [1.165, 1.54) is 6.07 Å². The molecule has 10 rings (SSSR count). The van der Waals surface area contributed by atoms with E-state index in [9.17, 15) is 1.37 Å². The number of furan rings is 1. The summed E-state index contributed by atoms with van der Waals surface area (Å²) in [6.45, 7) is 4.92. The molecule has 0 radical (unpaired) electrons. The summed E-state index contributed by atoms with van der Waals surface area (Å²) in [7, 11) is 0. The Morgan fingerprint density at radius 1 is 0.672 bits per heavy atom. The zero-order valence-electron chi connectivity index (χ0n) is 46.7. The maximum Gasteiger partial charge on any atom is 2.00 e. The summed E-state index contributed by atoms with van der Waals surface area (Å²) >= 11 is 0. The second-order valence-electron chi connectivity index (χ2n) is 18.4. The Labute approximate surface area is 406 Å². The minimum atomic E-state index is -2.82. The summed E-state index contributed by atoms with van der Waals surface area (Å²) in [5.41, 5.74) is 7.11. The number of aryl methyl sites for hydroxylation is 4. The van der Waals surface area contributed by atoms with Crippen molar-refractivity contribution in [3.8, 4) is 56.3 Å². The van der Waals surface area contributed by atoms with Crippen molar-refractivity contribution in [1.82, 2.24) is 9.97 Å². The van der Waals surface area contributed by atoms with Crippen LogP contribution < -0.4 is 4.74 Å². The van der Waals surface area contributed by atoms with Crippen LogP contribution in [0.15, 0.2) is 126 Å². The molecule has 1 aliphatic rings. The molecule has 0 aliphatic heterocycles. The van der Waals surface area contributed by atoms with Crippen molar-refractivity contribution in [3.63, 3.8) is 0 Å². The summed E-state index contributed by atoms with van der Waals surface area (Å²) in [6, 6.07) is 40.3. The SMILES string of the molecule is [2H]C([2H])([2H])c1cnc(-c2[c-]c(Oc3[c-]c(-c4cc(-c5ccc(C6([2H])CCC(C)(C)C(C)(C)C6)cc5C)c(C)cn4)c4oc5c6ccccc6ccc5c4c3)c(C([2H])([2H])[2H])c(-c3ccccc3)c2)cc1C([2H])([2H])[2H].[Pt+2]. The van der Waals surface area contributed by atoms with E-state index in [1.54, 1.807) is 42.5 Å². The van der Waals surface area contributed by atoms with Crippen LogP contribution in [0.2, 0.25) is 0 Å². The molecule has 0 spiro atoms. The van der Waals surface area contributed by atoms with Gasteiger partial charge in [-0.25, -0.2) is 0 Å². The molecule has 0 N–H and O–H groups in total. The van der Waals surface area contributed by atoms with Crippen molar-refractivity contribution < 1.29 is 43.9 Å². The molecule has 1 saturated carbocycles. The van der Waals surface area contributed by atoms with Crippen molar-refractivity contribution in [2.45, 2.75) is 87.3 Å². The Morgan fingerprint density at radius 2 is 1.45 bits per heavy atom. The van der Waals surface area contributed by atoms with E-state index < -0.39 is 37.6 Å². The standard InChI is InChI=1S/C59H54N2O2.Pt/c1-35-26-53(60-33-37(35)3)44-27-50(40-15-11-10-12-16-40)39(5)55(28-44)62-45-29-51-48-22-19-41-17-13-14-18-47(41)56(48)63-57(51)52(30-45)54-31-49(38(4)34-61-54)46-21-20-42(25-36(46)2)43-23-24-58(6,7)59(8,9)32-43;/h10-22,25-27,29,31,33-34,43H,23-24,32H2,1-9H3;/q-2;+2/i1D3,3D3,5D3,43D;. The van der Waals surface area contributed by atoms with Gasteiger partial charge in [0.15, 0.2) is 0 Å². The van der Waals surface area contributed by atoms with Gasteiger partial charge in [-0.15, -0.1) is 11.6 Å². The zero-order valence-corrected chi connectivity index (χ0v) is 39.0. The molecule has 3 heterocycles. The van der Waals surface area contributed by atoms with Gasteiger partial charge in [0, 0.05) is 48.4 Å². The predicted molar refractivity (Wildman–Crippen MR) is 261 cm³/mol. The largest absolute Gasteiger partial charge is 2.00 e. The van der Waals surface area contributed by atoms with Gasteiger partial charge in [-0.2, -0.15) is 0 Å². The Balaban J connectivity index is 0.00000672. The molecule has 0 bridgehead atoms. The first-order valence-corrected chi connectivity index (χ1v) is 21.5. The average molecular weight is 1030 g/mol. The molecule has 1 aliphatic carbocycles. The fourth-order valence-corrected chi connectivity index (χ4v) is 9.13. The van der Waals surface area contributed by atoms with Crippen molar-refractivity contribution in [1.29, 1.82) is 0 Å². The van der Waals surface area contributed by atoms with Gasteiger partial charge in [-0.1, -0.05) is 177 Å². The number of aromatic nitrogens is 2. The number of rotatable bonds is 7. The van der Waals surface area contributed by atoms with Crippen LogP contribution in [0, 0.1) is 57.4 Å². The number of hydrogen-bond acceptors (Lipinski definition) is 4. The van der Waals surface area contributed by atoms with Gasteiger partial charge in [-0.05, 0) is 119 Å². The van der Waals surface area contributed by atoms with E-state index in [2.05, 4.69) is 69.9 Å². The molecule has 5 heteroatoms. The van der Waals surface area contributed by atoms with Gasteiger partial charge < -0.3 is 19.1 Å². The van der Waals surface area contributed by atoms with Gasteiger partial charge >= 0.3 is 21.1 Å². The molecule has 1 unspecified atom stereocenters. The minimum Gasteiger partial charge on any atom is -0.500 e. The first-order valence-electron chi connectivity index (χ1n) is 26.5. The number of benzene rings is 6. The first-order chi connectivity index (χ1) is 34.2. The maximum atomic E-state index is 9.73. The fraction of sp³-hybridized carbons (Fsp3) is 0.254. The molecular formula is C59H54N2O2Pt. The first kappa shape index (κ1) is 32.8. The van der Waals surface area contributed by atoms with Crippen molar-refractivity contribution in [2.75, 3.05) is 0 Å².